The molecule has 1 aromatic rings. The minimum atomic E-state index is -1.34. The third kappa shape index (κ3) is 2.16. The van der Waals surface area contributed by atoms with Gasteiger partial charge in [-0.3, -0.25) is 4.68 Å². The highest BCUT2D eigenvalue weighted by Crippen LogP contribution is 2.44. The number of nitrogens with zero attached hydrogens (tertiary/aromatic N) is 2. The zero-order chi connectivity index (χ0) is 12.5. The fourth-order valence-electron chi connectivity index (χ4n) is 2.54. The lowest BCUT2D eigenvalue weighted by Crippen LogP contribution is -2.35. The van der Waals surface area contributed by atoms with Crippen LogP contribution in [-0.4, -0.2) is 22.9 Å². The van der Waals surface area contributed by atoms with Crippen molar-refractivity contribution in [3.05, 3.63) is 11.9 Å². The molecule has 1 aliphatic carbocycles. The maximum atomic E-state index is 15.0. The van der Waals surface area contributed by atoms with Crippen LogP contribution in [0.25, 0.3) is 0 Å². The minimum Gasteiger partial charge on any atom is -0.493 e. The van der Waals surface area contributed by atoms with Gasteiger partial charge in [-0.1, -0.05) is 0 Å². The first-order chi connectivity index (χ1) is 8.10. The SMILES string of the molecule is CCn1ncc(OC)c1C1(F)CCC(N)CC1. The van der Waals surface area contributed by atoms with Gasteiger partial charge in [0.05, 0.1) is 13.3 Å². The van der Waals surface area contributed by atoms with Gasteiger partial charge in [-0.15, -0.1) is 0 Å². The molecule has 0 unspecified atom stereocenters. The molecule has 0 bridgehead atoms. The number of methoxy groups -OCH3 is 1. The standard InChI is InChI=1S/C12H20FN3O/c1-3-16-11(10(17-2)8-15-16)12(13)6-4-9(14)5-7-12/h8-9H,3-7,14H2,1-2H3. The van der Waals surface area contributed by atoms with Gasteiger partial charge < -0.3 is 10.5 Å². The van der Waals surface area contributed by atoms with Crippen LogP contribution in [-0.2, 0) is 12.2 Å². The zero-order valence-corrected chi connectivity index (χ0v) is 10.4. The van der Waals surface area contributed by atoms with E-state index in [0.717, 1.165) is 0 Å². The van der Waals surface area contributed by atoms with E-state index in [4.69, 9.17) is 10.5 Å². The number of alkyl halides is 1. The van der Waals surface area contributed by atoms with Crippen molar-refractivity contribution in [2.45, 2.75) is 50.9 Å². The summed E-state index contributed by atoms with van der Waals surface area (Å²) >= 11 is 0. The van der Waals surface area contributed by atoms with Crippen LogP contribution in [0.3, 0.4) is 0 Å². The third-order valence-electron chi connectivity index (χ3n) is 3.57. The molecule has 0 aromatic carbocycles. The molecule has 1 fully saturated rings. The van der Waals surface area contributed by atoms with Gasteiger partial charge in [0, 0.05) is 12.6 Å². The number of hydrogen-bond acceptors (Lipinski definition) is 3. The van der Waals surface area contributed by atoms with E-state index in [1.165, 1.54) is 0 Å². The highest BCUT2D eigenvalue weighted by atomic mass is 19.1. The van der Waals surface area contributed by atoms with E-state index in [0.29, 0.717) is 43.7 Å². The molecule has 96 valence electrons. The Morgan fingerprint density at radius 3 is 2.76 bits per heavy atom. The molecular formula is C12H20FN3O. The van der Waals surface area contributed by atoms with Crippen LogP contribution in [0.1, 0.15) is 38.3 Å². The first-order valence-electron chi connectivity index (χ1n) is 6.15. The zero-order valence-electron chi connectivity index (χ0n) is 10.4. The van der Waals surface area contributed by atoms with Gasteiger partial charge in [0.25, 0.3) is 0 Å². The number of nitrogens with two attached hydrogens (primary N) is 1. The quantitative estimate of drug-likeness (QED) is 0.880. The number of hydrogen-bond donors (Lipinski definition) is 1. The summed E-state index contributed by atoms with van der Waals surface area (Å²) in [6, 6.07) is 0.128. The molecule has 2 rings (SSSR count). The topological polar surface area (TPSA) is 53.1 Å². The lowest BCUT2D eigenvalue weighted by Gasteiger charge is -2.33. The Labute approximate surface area is 101 Å². The Morgan fingerprint density at radius 2 is 2.24 bits per heavy atom. The summed E-state index contributed by atoms with van der Waals surface area (Å²) in [7, 11) is 1.55. The van der Waals surface area contributed by atoms with Crippen LogP contribution >= 0.6 is 0 Å². The predicted octanol–water partition coefficient (Wildman–Crippen LogP) is 1.98. The molecule has 0 aliphatic heterocycles. The normalized spacial score (nSPS) is 29.3. The molecule has 1 saturated carbocycles. The van der Waals surface area contributed by atoms with Crippen LogP contribution in [0.2, 0.25) is 0 Å². The van der Waals surface area contributed by atoms with Crippen LogP contribution in [0.15, 0.2) is 6.20 Å². The van der Waals surface area contributed by atoms with E-state index in [1.54, 1.807) is 18.0 Å². The molecule has 0 amide bonds. The summed E-state index contributed by atoms with van der Waals surface area (Å²) in [6.45, 7) is 2.60. The van der Waals surface area contributed by atoms with E-state index in [-0.39, 0.29) is 6.04 Å². The third-order valence-corrected chi connectivity index (χ3v) is 3.57. The Balaban J connectivity index is 2.34. The van der Waals surface area contributed by atoms with Crippen LogP contribution in [0.5, 0.6) is 5.75 Å². The molecule has 0 atom stereocenters. The average molecular weight is 241 g/mol. The maximum Gasteiger partial charge on any atom is 0.163 e. The van der Waals surface area contributed by atoms with E-state index in [1.807, 2.05) is 6.92 Å². The lowest BCUT2D eigenvalue weighted by atomic mass is 9.81. The van der Waals surface area contributed by atoms with Crippen molar-refractivity contribution >= 4 is 0 Å². The molecule has 17 heavy (non-hydrogen) atoms. The molecule has 1 aliphatic rings. The van der Waals surface area contributed by atoms with Gasteiger partial charge in [-0.05, 0) is 32.6 Å². The van der Waals surface area contributed by atoms with Gasteiger partial charge >= 0.3 is 0 Å². The summed E-state index contributed by atoms with van der Waals surface area (Å²) in [6.07, 6.45) is 3.93. The van der Waals surface area contributed by atoms with Crippen LogP contribution in [0, 0.1) is 0 Å². The van der Waals surface area contributed by atoms with Crippen molar-refractivity contribution in [2.75, 3.05) is 7.11 Å². The fraction of sp³-hybridized carbons (Fsp3) is 0.750. The van der Waals surface area contributed by atoms with Crippen LogP contribution in [0.4, 0.5) is 4.39 Å². The van der Waals surface area contributed by atoms with E-state index in [2.05, 4.69) is 5.10 Å². The van der Waals surface area contributed by atoms with Crippen molar-refractivity contribution in [1.29, 1.82) is 0 Å². The maximum absolute atomic E-state index is 15.0. The highest BCUT2D eigenvalue weighted by molar-refractivity contribution is 5.31. The van der Waals surface area contributed by atoms with E-state index < -0.39 is 5.67 Å². The lowest BCUT2D eigenvalue weighted by molar-refractivity contribution is 0.0839. The second kappa shape index (κ2) is 4.64. The summed E-state index contributed by atoms with van der Waals surface area (Å²) in [5, 5.41) is 4.17. The van der Waals surface area contributed by atoms with Crippen molar-refractivity contribution < 1.29 is 9.13 Å². The van der Waals surface area contributed by atoms with Gasteiger partial charge in [-0.25, -0.2) is 4.39 Å². The summed E-state index contributed by atoms with van der Waals surface area (Å²) in [5.74, 6) is 0.546. The molecule has 5 heteroatoms. The molecule has 1 heterocycles. The number of aromatic nitrogens is 2. The molecule has 0 spiro atoms. The van der Waals surface area contributed by atoms with Gasteiger partial charge in [-0.2, -0.15) is 5.10 Å². The number of halogens is 1. The highest BCUT2D eigenvalue weighted by Gasteiger charge is 2.41. The number of rotatable bonds is 3. The average Bonchev–Trinajstić information content (AvgIpc) is 2.77. The Hall–Kier alpha value is -1.10. The molecule has 0 radical (unpaired) electrons. The second-order valence-corrected chi connectivity index (χ2v) is 4.68. The Kier molecular flexibility index (Phi) is 3.38. The monoisotopic (exact) mass is 241 g/mol. The smallest absolute Gasteiger partial charge is 0.163 e. The molecule has 2 N–H and O–H groups in total. The Bertz CT molecular complexity index is 362. The summed E-state index contributed by atoms with van der Waals surface area (Å²) in [5.41, 5.74) is 5.07. The van der Waals surface area contributed by atoms with E-state index >= 15 is 4.39 Å². The molecule has 0 saturated heterocycles. The number of aryl methyl sites for hydroxylation is 1. The van der Waals surface area contributed by atoms with E-state index in [9.17, 15) is 0 Å². The Morgan fingerprint density at radius 1 is 1.59 bits per heavy atom. The van der Waals surface area contributed by atoms with Crippen molar-refractivity contribution in [1.82, 2.24) is 9.78 Å². The minimum absolute atomic E-state index is 0.128. The van der Waals surface area contributed by atoms with Crippen molar-refractivity contribution in [2.24, 2.45) is 5.73 Å². The van der Waals surface area contributed by atoms with Crippen molar-refractivity contribution in [3.8, 4) is 5.75 Å². The summed E-state index contributed by atoms with van der Waals surface area (Å²) in [4.78, 5) is 0. The van der Waals surface area contributed by atoms with Crippen LogP contribution < -0.4 is 10.5 Å². The fourth-order valence-corrected chi connectivity index (χ4v) is 2.54. The molecule has 1 aromatic heterocycles. The largest absolute Gasteiger partial charge is 0.493 e. The first kappa shape index (κ1) is 12.4. The first-order valence-corrected chi connectivity index (χ1v) is 6.15. The second-order valence-electron chi connectivity index (χ2n) is 4.68. The molecular weight excluding hydrogens is 221 g/mol. The summed E-state index contributed by atoms with van der Waals surface area (Å²) < 4.78 is 21.9. The van der Waals surface area contributed by atoms with Gasteiger partial charge in [0.15, 0.2) is 11.4 Å². The van der Waals surface area contributed by atoms with Gasteiger partial charge in [0.2, 0.25) is 0 Å². The van der Waals surface area contributed by atoms with Crippen molar-refractivity contribution in [3.63, 3.8) is 0 Å². The molecule has 4 nitrogen and oxygen atoms in total. The predicted molar refractivity (Wildman–Crippen MR) is 63.7 cm³/mol. The van der Waals surface area contributed by atoms with Gasteiger partial charge in [0.1, 0.15) is 5.69 Å². The number of ether oxygens (including phenoxy) is 1.